The first-order valence-corrected chi connectivity index (χ1v) is 6.41. The van der Waals surface area contributed by atoms with E-state index in [9.17, 15) is 0 Å². The average molecular weight is 243 g/mol. The van der Waals surface area contributed by atoms with Gasteiger partial charge in [0.2, 0.25) is 5.28 Å². The van der Waals surface area contributed by atoms with Crippen LogP contribution >= 0.6 is 34.5 Å². The van der Waals surface area contributed by atoms with Gasteiger partial charge in [0.15, 0.2) is 5.01 Å². The van der Waals surface area contributed by atoms with Crippen molar-refractivity contribution in [1.29, 1.82) is 0 Å². The summed E-state index contributed by atoms with van der Waals surface area (Å²) in [4.78, 5) is 6.92. The Morgan fingerprint density at radius 1 is 1.36 bits per heavy atom. The van der Waals surface area contributed by atoms with Gasteiger partial charge in [0.05, 0.1) is 4.88 Å². The number of thiophene rings is 1. The molecular weight excluding hydrogens is 236 g/mol. The SMILES string of the molecule is Clc1nsc(-c2cc3c(s2)CCC3)n1. The van der Waals surface area contributed by atoms with Gasteiger partial charge in [-0.25, -0.2) is 4.98 Å². The highest BCUT2D eigenvalue weighted by atomic mass is 35.5. The molecule has 72 valence electrons. The van der Waals surface area contributed by atoms with Crippen molar-refractivity contribution < 1.29 is 0 Å². The number of aromatic nitrogens is 2. The van der Waals surface area contributed by atoms with E-state index in [4.69, 9.17) is 11.6 Å². The number of aryl methyl sites for hydroxylation is 2. The first kappa shape index (κ1) is 8.83. The molecule has 0 amide bonds. The molecule has 0 radical (unpaired) electrons. The van der Waals surface area contributed by atoms with Gasteiger partial charge >= 0.3 is 0 Å². The molecule has 0 fully saturated rings. The van der Waals surface area contributed by atoms with Crippen molar-refractivity contribution >= 4 is 34.5 Å². The van der Waals surface area contributed by atoms with Gasteiger partial charge in [-0.1, -0.05) is 0 Å². The molecule has 0 N–H and O–H groups in total. The zero-order chi connectivity index (χ0) is 9.54. The van der Waals surface area contributed by atoms with Crippen LogP contribution in [0.15, 0.2) is 6.07 Å². The van der Waals surface area contributed by atoms with E-state index in [1.807, 2.05) is 11.3 Å². The lowest BCUT2D eigenvalue weighted by Gasteiger charge is -1.87. The van der Waals surface area contributed by atoms with Crippen LogP contribution in [0.3, 0.4) is 0 Å². The molecule has 0 aliphatic heterocycles. The second-order valence-electron chi connectivity index (χ2n) is 3.28. The number of hydrogen-bond donors (Lipinski definition) is 0. The molecule has 0 bridgehead atoms. The van der Waals surface area contributed by atoms with Crippen LogP contribution in [0.4, 0.5) is 0 Å². The molecule has 1 aliphatic rings. The first-order chi connectivity index (χ1) is 6.83. The summed E-state index contributed by atoms with van der Waals surface area (Å²) < 4.78 is 3.98. The summed E-state index contributed by atoms with van der Waals surface area (Å²) in [5.74, 6) is 0. The van der Waals surface area contributed by atoms with Crippen molar-refractivity contribution in [2.24, 2.45) is 0 Å². The minimum absolute atomic E-state index is 0.360. The third kappa shape index (κ3) is 1.38. The van der Waals surface area contributed by atoms with E-state index in [0.29, 0.717) is 5.28 Å². The van der Waals surface area contributed by atoms with Gasteiger partial charge in [-0.3, -0.25) is 0 Å². The van der Waals surface area contributed by atoms with E-state index in [1.165, 1.54) is 46.1 Å². The molecule has 14 heavy (non-hydrogen) atoms. The van der Waals surface area contributed by atoms with Gasteiger partial charge in [0.25, 0.3) is 0 Å². The largest absolute Gasteiger partial charge is 0.234 e. The monoisotopic (exact) mass is 242 g/mol. The number of nitrogens with zero attached hydrogens (tertiary/aromatic N) is 2. The van der Waals surface area contributed by atoms with Crippen molar-refractivity contribution in [3.63, 3.8) is 0 Å². The molecule has 2 aromatic rings. The molecule has 0 saturated heterocycles. The summed E-state index contributed by atoms with van der Waals surface area (Å²) >= 11 is 8.91. The Morgan fingerprint density at radius 2 is 2.29 bits per heavy atom. The molecule has 0 atom stereocenters. The van der Waals surface area contributed by atoms with Gasteiger partial charge < -0.3 is 0 Å². The van der Waals surface area contributed by atoms with Crippen LogP contribution < -0.4 is 0 Å². The van der Waals surface area contributed by atoms with E-state index < -0.39 is 0 Å². The highest BCUT2D eigenvalue weighted by Gasteiger charge is 2.17. The zero-order valence-corrected chi connectivity index (χ0v) is 9.68. The topological polar surface area (TPSA) is 25.8 Å². The predicted molar refractivity (Wildman–Crippen MR) is 60.3 cm³/mol. The fraction of sp³-hybridized carbons (Fsp3) is 0.333. The first-order valence-electron chi connectivity index (χ1n) is 4.44. The van der Waals surface area contributed by atoms with Crippen LogP contribution in [0.25, 0.3) is 9.88 Å². The maximum atomic E-state index is 5.70. The summed E-state index contributed by atoms with van der Waals surface area (Å²) in [7, 11) is 0. The molecule has 2 nitrogen and oxygen atoms in total. The molecule has 1 aliphatic carbocycles. The lowest BCUT2D eigenvalue weighted by Crippen LogP contribution is -1.72. The lowest BCUT2D eigenvalue weighted by molar-refractivity contribution is 0.915. The Bertz CT molecular complexity index is 453. The maximum absolute atomic E-state index is 5.70. The summed E-state index contributed by atoms with van der Waals surface area (Å²) in [6, 6.07) is 2.24. The highest BCUT2D eigenvalue weighted by molar-refractivity contribution is 7.20. The van der Waals surface area contributed by atoms with E-state index >= 15 is 0 Å². The number of hydrogen-bond acceptors (Lipinski definition) is 4. The molecule has 5 heteroatoms. The fourth-order valence-electron chi connectivity index (χ4n) is 1.74. The molecule has 0 saturated carbocycles. The van der Waals surface area contributed by atoms with Gasteiger partial charge in [0.1, 0.15) is 0 Å². The quantitative estimate of drug-likeness (QED) is 0.766. The van der Waals surface area contributed by atoms with Gasteiger partial charge in [-0.05, 0) is 54.0 Å². The van der Waals surface area contributed by atoms with E-state index in [-0.39, 0.29) is 0 Å². The standard InChI is InChI=1S/C9H7ClN2S2/c10-9-11-8(14-12-9)7-4-5-2-1-3-6(5)13-7/h4H,1-3H2. The van der Waals surface area contributed by atoms with Crippen LogP contribution in [-0.2, 0) is 12.8 Å². The number of halogens is 1. The molecule has 0 spiro atoms. The fourth-order valence-corrected chi connectivity index (χ4v) is 3.83. The predicted octanol–water partition coefficient (Wildman–Crippen LogP) is 3.41. The molecule has 2 heterocycles. The van der Waals surface area contributed by atoms with Crippen LogP contribution in [-0.4, -0.2) is 9.36 Å². The Hall–Kier alpha value is -0.450. The Balaban J connectivity index is 2.05. The summed E-state index contributed by atoms with van der Waals surface area (Å²) in [5.41, 5.74) is 1.50. The second kappa shape index (κ2) is 3.29. The van der Waals surface area contributed by atoms with E-state index in [2.05, 4.69) is 15.4 Å². The third-order valence-corrected chi connectivity index (χ3v) is 4.75. The zero-order valence-electron chi connectivity index (χ0n) is 7.29. The summed E-state index contributed by atoms with van der Waals surface area (Å²) in [5, 5.41) is 1.31. The van der Waals surface area contributed by atoms with E-state index in [0.717, 1.165) is 5.01 Å². The van der Waals surface area contributed by atoms with Crippen molar-refractivity contribution in [1.82, 2.24) is 9.36 Å². The number of rotatable bonds is 1. The summed E-state index contributed by atoms with van der Waals surface area (Å²) in [6.07, 6.45) is 3.75. The van der Waals surface area contributed by atoms with Gasteiger partial charge in [-0.2, -0.15) is 4.37 Å². The lowest BCUT2D eigenvalue weighted by atomic mass is 10.2. The van der Waals surface area contributed by atoms with Crippen LogP contribution in [0, 0.1) is 0 Å². The van der Waals surface area contributed by atoms with Gasteiger partial charge in [0, 0.05) is 4.88 Å². The molecule has 3 rings (SSSR count). The second-order valence-corrected chi connectivity index (χ2v) is 5.51. The van der Waals surface area contributed by atoms with Crippen molar-refractivity contribution in [3.05, 3.63) is 21.8 Å². The smallest absolute Gasteiger partial charge is 0.204 e. The van der Waals surface area contributed by atoms with Crippen LogP contribution in [0.1, 0.15) is 16.9 Å². The maximum Gasteiger partial charge on any atom is 0.234 e. The normalized spacial score (nSPS) is 14.6. The molecule has 2 aromatic heterocycles. The minimum atomic E-state index is 0.360. The Kier molecular flexibility index (Phi) is 2.08. The van der Waals surface area contributed by atoms with Crippen molar-refractivity contribution in [2.45, 2.75) is 19.3 Å². The van der Waals surface area contributed by atoms with Gasteiger partial charge in [-0.15, -0.1) is 11.3 Å². The van der Waals surface area contributed by atoms with Crippen molar-refractivity contribution in [2.75, 3.05) is 0 Å². The highest BCUT2D eigenvalue weighted by Crippen LogP contribution is 2.37. The number of fused-ring (bicyclic) bond motifs is 1. The molecule has 0 unspecified atom stereocenters. The average Bonchev–Trinajstić information content (AvgIpc) is 2.75. The third-order valence-electron chi connectivity index (χ3n) is 2.36. The Labute approximate surface area is 94.7 Å². The van der Waals surface area contributed by atoms with Crippen molar-refractivity contribution in [3.8, 4) is 9.88 Å². The minimum Gasteiger partial charge on any atom is -0.204 e. The van der Waals surface area contributed by atoms with Crippen LogP contribution in [0.2, 0.25) is 5.28 Å². The molecule has 0 aromatic carbocycles. The van der Waals surface area contributed by atoms with Crippen LogP contribution in [0.5, 0.6) is 0 Å². The summed E-state index contributed by atoms with van der Waals surface area (Å²) in [6.45, 7) is 0. The van der Waals surface area contributed by atoms with E-state index in [1.54, 1.807) is 0 Å². The molecular formula is C9H7ClN2S2. The Morgan fingerprint density at radius 3 is 3.00 bits per heavy atom.